The van der Waals surface area contributed by atoms with Gasteiger partial charge in [-0.2, -0.15) is 0 Å². The van der Waals surface area contributed by atoms with Crippen molar-refractivity contribution in [3.63, 3.8) is 0 Å². The molecule has 0 saturated heterocycles. The van der Waals surface area contributed by atoms with E-state index in [-0.39, 0.29) is 12.5 Å². The first-order chi connectivity index (χ1) is 14.9. The van der Waals surface area contributed by atoms with Crippen LogP contribution in [0.4, 0.5) is 5.69 Å². The predicted octanol–water partition coefficient (Wildman–Crippen LogP) is 3.54. The zero-order chi connectivity index (χ0) is 24.2. The molecule has 2 aromatic rings. The van der Waals surface area contributed by atoms with Crippen LogP contribution in [0.1, 0.15) is 23.6 Å². The van der Waals surface area contributed by atoms with E-state index in [4.69, 9.17) is 23.2 Å². The molecule has 0 fully saturated rings. The largest absolute Gasteiger partial charge is 0.357 e. The number of sulfonamides is 1. The summed E-state index contributed by atoms with van der Waals surface area (Å²) in [5.74, 6) is -0.906. The third-order valence-electron chi connectivity index (χ3n) is 5.12. The molecule has 174 valence electrons. The van der Waals surface area contributed by atoms with Gasteiger partial charge in [-0.25, -0.2) is 8.42 Å². The van der Waals surface area contributed by atoms with Crippen LogP contribution in [0, 0.1) is 13.8 Å². The third-order valence-corrected chi connectivity index (χ3v) is 6.97. The minimum atomic E-state index is -3.78. The highest BCUT2D eigenvalue weighted by Gasteiger charge is 2.30. The smallest absolute Gasteiger partial charge is 0.244 e. The van der Waals surface area contributed by atoms with Crippen LogP contribution in [0.15, 0.2) is 36.4 Å². The van der Waals surface area contributed by atoms with Crippen LogP contribution in [0.2, 0.25) is 10.0 Å². The van der Waals surface area contributed by atoms with Gasteiger partial charge in [0, 0.05) is 13.6 Å². The Morgan fingerprint density at radius 3 is 2.16 bits per heavy atom. The van der Waals surface area contributed by atoms with Gasteiger partial charge in [-0.3, -0.25) is 13.9 Å². The Bertz CT molecular complexity index is 1100. The quantitative estimate of drug-likeness (QED) is 0.601. The van der Waals surface area contributed by atoms with E-state index >= 15 is 0 Å². The molecule has 0 heterocycles. The summed E-state index contributed by atoms with van der Waals surface area (Å²) in [6, 6.07) is 9.45. The molecule has 0 bridgehead atoms. The van der Waals surface area contributed by atoms with E-state index in [9.17, 15) is 18.0 Å². The van der Waals surface area contributed by atoms with E-state index in [2.05, 4.69) is 5.32 Å². The maximum absolute atomic E-state index is 13.4. The normalized spacial score (nSPS) is 12.2. The standard InChI is InChI=1S/C22H27Cl2N3O4S/c1-14-7-6-8-15(2)21(14)27(32(5,30)31)13-20(28)26(16(3)22(29)25-4)12-17-9-10-18(23)19(24)11-17/h6-11,16H,12-13H2,1-5H3,(H,25,29)/t16-/m1/s1. The van der Waals surface area contributed by atoms with Crippen LogP contribution >= 0.6 is 23.2 Å². The molecule has 0 aromatic heterocycles. The lowest BCUT2D eigenvalue weighted by molar-refractivity contribution is -0.139. The van der Waals surface area contributed by atoms with Crippen molar-refractivity contribution in [2.75, 3.05) is 24.2 Å². The molecule has 10 heteroatoms. The molecule has 1 N–H and O–H groups in total. The van der Waals surface area contributed by atoms with Crippen LogP contribution in [-0.4, -0.2) is 51.0 Å². The zero-order valence-corrected chi connectivity index (χ0v) is 21.0. The van der Waals surface area contributed by atoms with Gasteiger partial charge in [0.15, 0.2) is 0 Å². The summed E-state index contributed by atoms with van der Waals surface area (Å²) in [5, 5.41) is 3.21. The molecule has 0 spiro atoms. The third kappa shape index (κ3) is 6.15. The Kier molecular flexibility index (Phi) is 8.56. The van der Waals surface area contributed by atoms with Crippen molar-refractivity contribution in [1.82, 2.24) is 10.2 Å². The van der Waals surface area contributed by atoms with Crippen molar-refractivity contribution < 1.29 is 18.0 Å². The minimum absolute atomic E-state index is 0.0503. The van der Waals surface area contributed by atoms with Crippen molar-refractivity contribution in [2.24, 2.45) is 0 Å². The number of amides is 2. The lowest BCUT2D eigenvalue weighted by Gasteiger charge is -2.32. The SMILES string of the molecule is CNC(=O)[C@@H](C)N(Cc1ccc(Cl)c(Cl)c1)C(=O)CN(c1c(C)cccc1C)S(C)(=O)=O. The second-order valence-electron chi connectivity index (χ2n) is 7.57. The van der Waals surface area contributed by atoms with E-state index in [1.54, 1.807) is 51.1 Å². The maximum Gasteiger partial charge on any atom is 0.244 e. The summed E-state index contributed by atoms with van der Waals surface area (Å²) in [7, 11) is -2.31. The molecule has 32 heavy (non-hydrogen) atoms. The molecular weight excluding hydrogens is 473 g/mol. The van der Waals surface area contributed by atoms with E-state index < -0.39 is 28.5 Å². The van der Waals surface area contributed by atoms with Crippen LogP contribution in [0.3, 0.4) is 0 Å². The highest BCUT2D eigenvalue weighted by Crippen LogP contribution is 2.28. The number of rotatable bonds is 8. The second-order valence-corrected chi connectivity index (χ2v) is 10.3. The molecule has 0 radical (unpaired) electrons. The molecule has 0 aliphatic rings. The van der Waals surface area contributed by atoms with Gasteiger partial charge in [-0.1, -0.05) is 47.5 Å². The van der Waals surface area contributed by atoms with Crippen LogP contribution < -0.4 is 9.62 Å². The van der Waals surface area contributed by atoms with Gasteiger partial charge in [0.25, 0.3) is 0 Å². The summed E-state index contributed by atoms with van der Waals surface area (Å²) in [6.07, 6.45) is 1.05. The van der Waals surface area contributed by atoms with Gasteiger partial charge in [-0.05, 0) is 49.6 Å². The highest BCUT2D eigenvalue weighted by atomic mass is 35.5. The second kappa shape index (κ2) is 10.6. The van der Waals surface area contributed by atoms with Gasteiger partial charge in [0.05, 0.1) is 22.0 Å². The Hall–Kier alpha value is -2.29. The predicted molar refractivity (Wildman–Crippen MR) is 129 cm³/mol. The number of carbonyl (C=O) groups is 2. The van der Waals surface area contributed by atoms with Crippen molar-refractivity contribution in [3.8, 4) is 0 Å². The van der Waals surface area contributed by atoms with Gasteiger partial charge >= 0.3 is 0 Å². The summed E-state index contributed by atoms with van der Waals surface area (Å²) < 4.78 is 26.4. The number of aryl methyl sites for hydroxylation is 2. The van der Waals surface area contributed by atoms with Gasteiger partial charge in [0.1, 0.15) is 12.6 Å². The molecule has 2 amide bonds. The average Bonchev–Trinajstić information content (AvgIpc) is 2.71. The zero-order valence-electron chi connectivity index (χ0n) is 18.6. The Balaban J connectivity index is 2.46. The molecule has 1 atom stereocenters. The van der Waals surface area contributed by atoms with Crippen LogP contribution in [0.5, 0.6) is 0 Å². The Morgan fingerprint density at radius 2 is 1.66 bits per heavy atom. The molecule has 2 aromatic carbocycles. The number of anilines is 1. The molecule has 0 unspecified atom stereocenters. The lowest BCUT2D eigenvalue weighted by Crippen LogP contribution is -2.50. The monoisotopic (exact) mass is 499 g/mol. The summed E-state index contributed by atoms with van der Waals surface area (Å²) in [6.45, 7) is 4.75. The van der Waals surface area contributed by atoms with Crippen molar-refractivity contribution in [2.45, 2.75) is 33.4 Å². The molecule has 7 nitrogen and oxygen atoms in total. The first-order valence-electron chi connectivity index (χ1n) is 9.85. The van der Waals surface area contributed by atoms with Crippen molar-refractivity contribution >= 4 is 50.7 Å². The molecular formula is C22H27Cl2N3O4S. The first kappa shape index (κ1) is 26.0. The van der Waals surface area contributed by atoms with Crippen molar-refractivity contribution in [1.29, 1.82) is 0 Å². The van der Waals surface area contributed by atoms with Gasteiger partial charge < -0.3 is 10.2 Å². The summed E-state index contributed by atoms with van der Waals surface area (Å²) in [4.78, 5) is 27.1. The molecule has 0 aliphatic heterocycles. The van der Waals surface area contributed by atoms with E-state index in [0.717, 1.165) is 21.7 Å². The Morgan fingerprint density at radius 1 is 1.06 bits per heavy atom. The number of hydrogen-bond acceptors (Lipinski definition) is 4. The van der Waals surface area contributed by atoms with Crippen LogP contribution in [-0.2, 0) is 26.2 Å². The number of nitrogens with zero attached hydrogens (tertiary/aromatic N) is 2. The van der Waals surface area contributed by atoms with Crippen molar-refractivity contribution in [3.05, 3.63) is 63.1 Å². The van der Waals surface area contributed by atoms with E-state index in [1.807, 2.05) is 6.07 Å². The van der Waals surface area contributed by atoms with Crippen LogP contribution in [0.25, 0.3) is 0 Å². The lowest BCUT2D eigenvalue weighted by atomic mass is 10.1. The average molecular weight is 500 g/mol. The molecule has 0 saturated carbocycles. The summed E-state index contributed by atoms with van der Waals surface area (Å²) >= 11 is 12.1. The van der Waals surface area contributed by atoms with Gasteiger partial charge in [-0.15, -0.1) is 0 Å². The highest BCUT2D eigenvalue weighted by molar-refractivity contribution is 7.92. The maximum atomic E-state index is 13.4. The first-order valence-corrected chi connectivity index (χ1v) is 12.5. The number of para-hydroxylation sites is 1. The van der Waals surface area contributed by atoms with E-state index in [1.165, 1.54) is 11.9 Å². The fraction of sp³-hybridized carbons (Fsp3) is 0.364. The number of hydrogen-bond donors (Lipinski definition) is 1. The molecule has 2 rings (SSSR count). The van der Waals surface area contributed by atoms with Gasteiger partial charge in [0.2, 0.25) is 21.8 Å². The summed E-state index contributed by atoms with van der Waals surface area (Å²) in [5.41, 5.74) is 2.55. The van der Waals surface area contributed by atoms with E-state index in [0.29, 0.717) is 21.3 Å². The number of benzene rings is 2. The molecule has 0 aliphatic carbocycles. The fourth-order valence-electron chi connectivity index (χ4n) is 3.40. The topological polar surface area (TPSA) is 86.8 Å². The fourth-order valence-corrected chi connectivity index (χ4v) is 4.69. The number of carbonyl (C=O) groups excluding carboxylic acids is 2. The number of likely N-dealkylation sites (N-methyl/N-ethyl adjacent to an activating group) is 1. The number of nitrogens with one attached hydrogen (secondary N) is 1. The number of halogens is 2. The Labute approximate surface area is 199 Å². The minimum Gasteiger partial charge on any atom is -0.357 e.